The molecule has 2 amide bonds. The molecule has 2 aromatic rings. The van der Waals surface area contributed by atoms with Crippen LogP contribution in [0.3, 0.4) is 0 Å². The lowest BCUT2D eigenvalue weighted by molar-refractivity contribution is -0.111. The SMILES string of the molecule is C=CC(=O)Nc1cc(-c2cncc(C(=O)N3CCOCC3)c2)sc1C(=O)OC. The normalized spacial score (nSPS) is 13.7. The standard InChI is InChI=1S/C19H19N3O5S/c1-3-16(23)21-14-9-15(28-17(14)19(25)26-2)12-8-13(11-20-10-12)18(24)22-4-6-27-7-5-22/h3,8-11H,1,4-7H2,2H3,(H,21,23). The Kier molecular flexibility index (Phi) is 6.17. The van der Waals surface area contributed by atoms with Crippen molar-refractivity contribution in [2.75, 3.05) is 38.7 Å². The molecule has 0 radical (unpaired) electrons. The molecule has 0 spiro atoms. The molecule has 1 fully saturated rings. The van der Waals surface area contributed by atoms with Gasteiger partial charge >= 0.3 is 5.97 Å². The summed E-state index contributed by atoms with van der Waals surface area (Å²) in [5.74, 6) is -1.13. The molecule has 0 atom stereocenters. The molecule has 1 saturated heterocycles. The molecule has 9 heteroatoms. The van der Waals surface area contributed by atoms with Crippen LogP contribution in [-0.2, 0) is 14.3 Å². The molecule has 146 valence electrons. The van der Waals surface area contributed by atoms with Crippen LogP contribution in [0.1, 0.15) is 20.0 Å². The molecule has 0 aliphatic carbocycles. The highest BCUT2D eigenvalue weighted by atomic mass is 32.1. The van der Waals surface area contributed by atoms with Crippen LogP contribution in [0, 0.1) is 0 Å². The molecular weight excluding hydrogens is 382 g/mol. The van der Waals surface area contributed by atoms with Crippen LogP contribution in [0.15, 0.2) is 37.2 Å². The summed E-state index contributed by atoms with van der Waals surface area (Å²) in [7, 11) is 1.27. The average molecular weight is 401 g/mol. The lowest BCUT2D eigenvalue weighted by Crippen LogP contribution is -2.40. The van der Waals surface area contributed by atoms with Gasteiger partial charge in [0.1, 0.15) is 4.88 Å². The summed E-state index contributed by atoms with van der Waals surface area (Å²) < 4.78 is 10.1. The van der Waals surface area contributed by atoms with Crippen LogP contribution in [0.25, 0.3) is 10.4 Å². The van der Waals surface area contributed by atoms with Gasteiger partial charge in [0.2, 0.25) is 5.91 Å². The van der Waals surface area contributed by atoms with Gasteiger partial charge in [0, 0.05) is 35.9 Å². The van der Waals surface area contributed by atoms with E-state index in [0.717, 1.165) is 17.4 Å². The van der Waals surface area contributed by atoms with E-state index in [1.165, 1.54) is 13.3 Å². The zero-order valence-electron chi connectivity index (χ0n) is 15.3. The Morgan fingerprint density at radius 3 is 2.71 bits per heavy atom. The number of carbonyl (C=O) groups is 3. The van der Waals surface area contributed by atoms with Crippen molar-refractivity contribution in [3.8, 4) is 10.4 Å². The van der Waals surface area contributed by atoms with Crippen molar-refractivity contribution in [3.63, 3.8) is 0 Å². The quantitative estimate of drug-likeness (QED) is 0.609. The Bertz CT molecular complexity index is 918. The number of rotatable bonds is 5. The molecule has 1 aliphatic rings. The number of pyridine rings is 1. The van der Waals surface area contributed by atoms with Gasteiger partial charge in [-0.25, -0.2) is 4.79 Å². The van der Waals surface area contributed by atoms with E-state index in [2.05, 4.69) is 16.9 Å². The van der Waals surface area contributed by atoms with Crippen LogP contribution in [0.5, 0.6) is 0 Å². The number of anilines is 1. The van der Waals surface area contributed by atoms with Gasteiger partial charge < -0.3 is 19.7 Å². The third-order valence-electron chi connectivity index (χ3n) is 4.11. The first-order valence-corrected chi connectivity index (χ1v) is 9.33. The van der Waals surface area contributed by atoms with Crippen molar-refractivity contribution in [3.05, 3.63) is 47.6 Å². The smallest absolute Gasteiger partial charge is 0.350 e. The van der Waals surface area contributed by atoms with E-state index in [9.17, 15) is 14.4 Å². The van der Waals surface area contributed by atoms with Crippen molar-refractivity contribution >= 4 is 34.8 Å². The van der Waals surface area contributed by atoms with Gasteiger partial charge in [-0.15, -0.1) is 11.3 Å². The Morgan fingerprint density at radius 2 is 2.04 bits per heavy atom. The van der Waals surface area contributed by atoms with Crippen LogP contribution in [-0.4, -0.2) is 61.1 Å². The van der Waals surface area contributed by atoms with Crippen molar-refractivity contribution in [1.82, 2.24) is 9.88 Å². The highest BCUT2D eigenvalue weighted by Crippen LogP contribution is 2.35. The van der Waals surface area contributed by atoms with Crippen molar-refractivity contribution in [2.24, 2.45) is 0 Å². The van der Waals surface area contributed by atoms with Crippen molar-refractivity contribution in [2.45, 2.75) is 0 Å². The molecule has 1 N–H and O–H groups in total. The van der Waals surface area contributed by atoms with Gasteiger partial charge in [0.05, 0.1) is 31.6 Å². The maximum Gasteiger partial charge on any atom is 0.350 e. The molecule has 2 aromatic heterocycles. The average Bonchev–Trinajstić information content (AvgIpc) is 3.17. The number of nitrogens with zero attached hydrogens (tertiary/aromatic N) is 2. The summed E-state index contributed by atoms with van der Waals surface area (Å²) in [5, 5.41) is 2.60. The van der Waals surface area contributed by atoms with E-state index in [1.54, 1.807) is 23.2 Å². The van der Waals surface area contributed by atoms with Crippen molar-refractivity contribution in [1.29, 1.82) is 0 Å². The van der Waals surface area contributed by atoms with Crippen LogP contribution in [0.4, 0.5) is 5.69 Å². The molecule has 8 nitrogen and oxygen atoms in total. The van der Waals surface area contributed by atoms with Gasteiger partial charge in [0.15, 0.2) is 0 Å². The minimum atomic E-state index is -0.566. The fourth-order valence-electron chi connectivity index (χ4n) is 2.69. The fraction of sp³-hybridized carbons (Fsp3) is 0.263. The number of thiophene rings is 1. The molecule has 1 aliphatic heterocycles. The summed E-state index contributed by atoms with van der Waals surface area (Å²) in [5.41, 5.74) is 1.43. The second-order valence-corrected chi connectivity index (χ2v) is 6.96. The first-order valence-electron chi connectivity index (χ1n) is 8.51. The van der Waals surface area contributed by atoms with E-state index in [0.29, 0.717) is 48.0 Å². The van der Waals surface area contributed by atoms with Crippen molar-refractivity contribution < 1.29 is 23.9 Å². The third kappa shape index (κ3) is 4.26. The summed E-state index contributed by atoms with van der Waals surface area (Å²) in [6.07, 6.45) is 4.22. The number of ether oxygens (including phenoxy) is 2. The second-order valence-electron chi connectivity index (χ2n) is 5.91. The lowest BCUT2D eigenvalue weighted by atomic mass is 10.1. The van der Waals surface area contributed by atoms with Crippen LogP contribution in [0.2, 0.25) is 0 Å². The highest BCUT2D eigenvalue weighted by molar-refractivity contribution is 7.18. The predicted molar refractivity (Wildman–Crippen MR) is 104 cm³/mol. The molecule has 3 rings (SSSR count). The summed E-state index contributed by atoms with van der Waals surface area (Å²) >= 11 is 1.15. The maximum absolute atomic E-state index is 12.7. The van der Waals surface area contributed by atoms with Crippen LogP contribution < -0.4 is 5.32 Å². The van der Waals surface area contributed by atoms with E-state index in [1.807, 2.05) is 0 Å². The number of nitrogens with one attached hydrogen (secondary N) is 1. The van der Waals surface area contributed by atoms with E-state index in [4.69, 9.17) is 9.47 Å². The van der Waals surface area contributed by atoms with Gasteiger partial charge in [-0.05, 0) is 18.2 Å². The van der Waals surface area contributed by atoms with E-state index in [-0.39, 0.29) is 10.8 Å². The highest BCUT2D eigenvalue weighted by Gasteiger charge is 2.22. The van der Waals surface area contributed by atoms with Gasteiger partial charge in [0.25, 0.3) is 5.91 Å². The number of amides is 2. The second kappa shape index (κ2) is 8.77. The Balaban J connectivity index is 1.92. The Hall–Kier alpha value is -3.04. The van der Waals surface area contributed by atoms with Gasteiger partial charge in [-0.1, -0.05) is 6.58 Å². The molecule has 28 heavy (non-hydrogen) atoms. The molecule has 3 heterocycles. The molecule has 0 saturated carbocycles. The first-order chi connectivity index (χ1) is 13.5. The fourth-order valence-corrected chi connectivity index (χ4v) is 3.71. The minimum absolute atomic E-state index is 0.123. The number of esters is 1. The van der Waals surface area contributed by atoms with E-state index >= 15 is 0 Å². The Morgan fingerprint density at radius 1 is 1.29 bits per heavy atom. The number of hydrogen-bond donors (Lipinski definition) is 1. The number of carbonyl (C=O) groups excluding carboxylic acids is 3. The molecular formula is C19H19N3O5S. The molecule has 0 aromatic carbocycles. The summed E-state index contributed by atoms with van der Waals surface area (Å²) in [6.45, 7) is 5.50. The zero-order valence-corrected chi connectivity index (χ0v) is 16.1. The number of aromatic nitrogens is 1. The topological polar surface area (TPSA) is 97.8 Å². The lowest BCUT2D eigenvalue weighted by Gasteiger charge is -2.26. The third-order valence-corrected chi connectivity index (χ3v) is 5.28. The largest absolute Gasteiger partial charge is 0.465 e. The summed E-state index contributed by atoms with van der Waals surface area (Å²) in [4.78, 5) is 43.2. The maximum atomic E-state index is 12.7. The number of methoxy groups -OCH3 is 1. The Labute approximate surface area is 165 Å². The minimum Gasteiger partial charge on any atom is -0.465 e. The molecule has 0 unspecified atom stereocenters. The number of hydrogen-bond acceptors (Lipinski definition) is 7. The monoisotopic (exact) mass is 401 g/mol. The molecule has 0 bridgehead atoms. The summed E-state index contributed by atoms with van der Waals surface area (Å²) in [6, 6.07) is 3.37. The predicted octanol–water partition coefficient (Wildman–Crippen LogP) is 2.19. The van der Waals surface area contributed by atoms with E-state index < -0.39 is 11.9 Å². The van der Waals surface area contributed by atoms with Gasteiger partial charge in [-0.3, -0.25) is 14.6 Å². The zero-order chi connectivity index (χ0) is 20.1. The first kappa shape index (κ1) is 19.7. The number of morpholine rings is 1. The van der Waals surface area contributed by atoms with Gasteiger partial charge in [-0.2, -0.15) is 0 Å². The van der Waals surface area contributed by atoms with Crippen LogP contribution >= 0.6 is 11.3 Å².